The topological polar surface area (TPSA) is 62.2 Å². The van der Waals surface area contributed by atoms with Crippen molar-refractivity contribution in [3.63, 3.8) is 0 Å². The van der Waals surface area contributed by atoms with Gasteiger partial charge in [0.25, 0.3) is 5.91 Å². The normalized spacial score (nSPS) is 10.1. The maximum Gasteiger partial charge on any atom is 0.255 e. The number of nitrogens with one attached hydrogen (secondary N) is 1. The lowest BCUT2D eigenvalue weighted by atomic mass is 10.1. The Morgan fingerprint density at radius 3 is 2.67 bits per heavy atom. The summed E-state index contributed by atoms with van der Waals surface area (Å²) in [5.41, 5.74) is 2.92. The molecule has 1 amide bonds. The molecule has 0 fully saturated rings. The van der Waals surface area contributed by atoms with Gasteiger partial charge in [0.05, 0.1) is 0 Å². The molecule has 2 aromatic rings. The van der Waals surface area contributed by atoms with E-state index in [2.05, 4.69) is 10.3 Å². The third-order valence-corrected chi connectivity index (χ3v) is 2.72. The highest BCUT2D eigenvalue weighted by molar-refractivity contribution is 6.05. The molecule has 0 saturated heterocycles. The Morgan fingerprint density at radius 1 is 1.22 bits per heavy atom. The van der Waals surface area contributed by atoms with Crippen molar-refractivity contribution in [2.24, 2.45) is 0 Å². The van der Waals surface area contributed by atoms with Gasteiger partial charge in [-0.25, -0.2) is 0 Å². The summed E-state index contributed by atoms with van der Waals surface area (Å²) in [6.45, 7) is 3.67. The predicted octanol–water partition coefficient (Wildman–Crippen LogP) is 2.66. The molecule has 4 nitrogen and oxygen atoms in total. The van der Waals surface area contributed by atoms with Crippen molar-refractivity contribution in [1.29, 1.82) is 0 Å². The summed E-state index contributed by atoms with van der Waals surface area (Å²) in [7, 11) is 0. The second-order valence-electron chi connectivity index (χ2n) is 4.14. The number of carbonyl (C=O) groups is 1. The standard InChI is InChI=1S/C14H14N2O2/c1-9-7-11(17)3-4-12(9)14(18)16-13-5-6-15-8-10(13)2/h3-8,17H,1-2H3,(H,15,16,18). The van der Waals surface area contributed by atoms with Crippen LogP contribution in [0.3, 0.4) is 0 Å². The molecular weight excluding hydrogens is 228 g/mol. The van der Waals surface area contributed by atoms with Gasteiger partial charge in [-0.3, -0.25) is 9.78 Å². The fourth-order valence-electron chi connectivity index (χ4n) is 1.71. The highest BCUT2D eigenvalue weighted by Gasteiger charge is 2.10. The van der Waals surface area contributed by atoms with Crippen LogP contribution in [0.15, 0.2) is 36.7 Å². The number of phenols is 1. The van der Waals surface area contributed by atoms with Crippen molar-refractivity contribution in [3.8, 4) is 5.75 Å². The Balaban J connectivity index is 2.25. The molecule has 1 heterocycles. The van der Waals surface area contributed by atoms with E-state index in [0.717, 1.165) is 16.8 Å². The van der Waals surface area contributed by atoms with E-state index in [1.54, 1.807) is 37.5 Å². The molecule has 0 unspecified atom stereocenters. The first kappa shape index (κ1) is 12.1. The van der Waals surface area contributed by atoms with Gasteiger partial charge in [-0.1, -0.05) is 0 Å². The number of amides is 1. The van der Waals surface area contributed by atoms with E-state index in [4.69, 9.17) is 0 Å². The van der Waals surface area contributed by atoms with E-state index in [0.29, 0.717) is 5.56 Å². The van der Waals surface area contributed by atoms with Gasteiger partial charge in [0.1, 0.15) is 5.75 Å². The lowest BCUT2D eigenvalue weighted by Crippen LogP contribution is -2.14. The van der Waals surface area contributed by atoms with Crippen LogP contribution in [0.5, 0.6) is 5.75 Å². The van der Waals surface area contributed by atoms with E-state index >= 15 is 0 Å². The van der Waals surface area contributed by atoms with Gasteiger partial charge >= 0.3 is 0 Å². The molecule has 0 aliphatic rings. The van der Waals surface area contributed by atoms with Gasteiger partial charge in [0, 0.05) is 23.6 Å². The highest BCUT2D eigenvalue weighted by Crippen LogP contribution is 2.18. The number of aromatic hydroxyl groups is 1. The second-order valence-corrected chi connectivity index (χ2v) is 4.14. The minimum Gasteiger partial charge on any atom is -0.508 e. The molecule has 0 aliphatic heterocycles. The van der Waals surface area contributed by atoms with Crippen LogP contribution in [0.25, 0.3) is 0 Å². The van der Waals surface area contributed by atoms with Crippen LogP contribution in [0.2, 0.25) is 0 Å². The summed E-state index contributed by atoms with van der Waals surface area (Å²) in [4.78, 5) is 16.1. The molecule has 4 heteroatoms. The van der Waals surface area contributed by atoms with Gasteiger partial charge in [0.2, 0.25) is 0 Å². The van der Waals surface area contributed by atoms with Gasteiger partial charge in [-0.2, -0.15) is 0 Å². The maximum atomic E-state index is 12.1. The minimum absolute atomic E-state index is 0.157. The number of anilines is 1. The first-order valence-corrected chi connectivity index (χ1v) is 5.59. The number of rotatable bonds is 2. The van der Waals surface area contributed by atoms with E-state index in [9.17, 15) is 9.90 Å². The van der Waals surface area contributed by atoms with Crippen molar-refractivity contribution in [1.82, 2.24) is 4.98 Å². The zero-order valence-corrected chi connectivity index (χ0v) is 10.3. The van der Waals surface area contributed by atoms with Gasteiger partial charge < -0.3 is 10.4 Å². The molecule has 0 spiro atoms. The smallest absolute Gasteiger partial charge is 0.255 e. The van der Waals surface area contributed by atoms with Crippen LogP contribution in [0, 0.1) is 13.8 Å². The number of hydrogen-bond donors (Lipinski definition) is 2. The number of aromatic nitrogens is 1. The van der Waals surface area contributed by atoms with E-state index in [-0.39, 0.29) is 11.7 Å². The molecule has 1 aromatic carbocycles. The van der Waals surface area contributed by atoms with E-state index in [1.807, 2.05) is 6.92 Å². The summed E-state index contributed by atoms with van der Waals surface area (Å²) in [5.74, 6) is -0.0362. The minimum atomic E-state index is -0.193. The quantitative estimate of drug-likeness (QED) is 0.851. The summed E-state index contributed by atoms with van der Waals surface area (Å²) in [6, 6.07) is 6.43. The molecule has 1 aromatic heterocycles. The van der Waals surface area contributed by atoms with Gasteiger partial charge in [0.15, 0.2) is 0 Å². The number of carbonyl (C=O) groups excluding carboxylic acids is 1. The average molecular weight is 242 g/mol. The maximum absolute atomic E-state index is 12.1. The number of nitrogens with zero attached hydrogens (tertiary/aromatic N) is 1. The predicted molar refractivity (Wildman–Crippen MR) is 69.8 cm³/mol. The number of benzene rings is 1. The first-order valence-electron chi connectivity index (χ1n) is 5.59. The SMILES string of the molecule is Cc1cnccc1NC(=O)c1ccc(O)cc1C. The van der Waals surface area contributed by atoms with Crippen molar-refractivity contribution in [2.45, 2.75) is 13.8 Å². The number of phenolic OH excluding ortho intramolecular Hbond substituents is 1. The third kappa shape index (κ3) is 2.48. The van der Waals surface area contributed by atoms with Crippen molar-refractivity contribution < 1.29 is 9.90 Å². The monoisotopic (exact) mass is 242 g/mol. The molecule has 92 valence electrons. The largest absolute Gasteiger partial charge is 0.508 e. The molecule has 0 bridgehead atoms. The Kier molecular flexibility index (Phi) is 3.28. The van der Waals surface area contributed by atoms with Crippen LogP contribution < -0.4 is 5.32 Å². The molecule has 0 aliphatic carbocycles. The van der Waals surface area contributed by atoms with Crippen LogP contribution in [-0.2, 0) is 0 Å². The summed E-state index contributed by atoms with van der Waals surface area (Å²) in [5, 5.41) is 12.1. The summed E-state index contributed by atoms with van der Waals surface area (Å²) >= 11 is 0. The Bertz CT molecular complexity index is 594. The number of hydrogen-bond acceptors (Lipinski definition) is 3. The van der Waals surface area contributed by atoms with Crippen LogP contribution in [0.4, 0.5) is 5.69 Å². The molecular formula is C14H14N2O2. The molecule has 0 radical (unpaired) electrons. The Morgan fingerprint density at radius 2 is 2.00 bits per heavy atom. The van der Waals surface area contributed by atoms with E-state index < -0.39 is 0 Å². The zero-order chi connectivity index (χ0) is 13.1. The van der Waals surface area contributed by atoms with Crippen LogP contribution >= 0.6 is 0 Å². The number of pyridine rings is 1. The fourth-order valence-corrected chi connectivity index (χ4v) is 1.71. The van der Waals surface area contributed by atoms with Gasteiger partial charge in [-0.15, -0.1) is 0 Å². The molecule has 2 rings (SSSR count). The van der Waals surface area contributed by atoms with Gasteiger partial charge in [-0.05, 0) is 49.2 Å². The Hall–Kier alpha value is -2.36. The van der Waals surface area contributed by atoms with E-state index in [1.165, 1.54) is 6.07 Å². The van der Waals surface area contributed by atoms with Crippen LogP contribution in [-0.4, -0.2) is 16.0 Å². The highest BCUT2D eigenvalue weighted by atomic mass is 16.3. The lowest BCUT2D eigenvalue weighted by molar-refractivity contribution is 0.102. The lowest BCUT2D eigenvalue weighted by Gasteiger charge is -2.09. The number of aryl methyl sites for hydroxylation is 2. The first-order chi connectivity index (χ1) is 8.58. The summed E-state index contributed by atoms with van der Waals surface area (Å²) < 4.78 is 0. The summed E-state index contributed by atoms with van der Waals surface area (Å²) in [6.07, 6.45) is 3.32. The zero-order valence-electron chi connectivity index (χ0n) is 10.3. The van der Waals surface area contributed by atoms with Crippen molar-refractivity contribution in [2.75, 3.05) is 5.32 Å². The van der Waals surface area contributed by atoms with Crippen molar-refractivity contribution >= 4 is 11.6 Å². The molecule has 0 atom stereocenters. The molecule has 2 N–H and O–H groups in total. The average Bonchev–Trinajstić information content (AvgIpc) is 2.32. The fraction of sp³-hybridized carbons (Fsp3) is 0.143. The van der Waals surface area contributed by atoms with Crippen molar-refractivity contribution in [3.05, 3.63) is 53.3 Å². The van der Waals surface area contributed by atoms with Crippen LogP contribution in [0.1, 0.15) is 21.5 Å². The second kappa shape index (κ2) is 4.87. The Labute approximate surface area is 105 Å². The third-order valence-electron chi connectivity index (χ3n) is 2.72. The molecule has 0 saturated carbocycles. The molecule has 18 heavy (non-hydrogen) atoms.